The van der Waals surface area contributed by atoms with Crippen molar-refractivity contribution in [3.63, 3.8) is 0 Å². The van der Waals surface area contributed by atoms with Gasteiger partial charge in [0.25, 0.3) is 0 Å². The number of aliphatic imine (C=N–C) groups is 1. The maximum Gasteiger partial charge on any atom is 0.414 e. The van der Waals surface area contributed by atoms with Crippen LogP contribution in [0.15, 0.2) is 27.7 Å². The van der Waals surface area contributed by atoms with E-state index in [9.17, 15) is 17.6 Å². The van der Waals surface area contributed by atoms with Crippen molar-refractivity contribution >= 4 is 38.0 Å². The highest BCUT2D eigenvalue weighted by Gasteiger charge is 2.71. The van der Waals surface area contributed by atoms with E-state index in [-0.39, 0.29) is 11.5 Å². The van der Waals surface area contributed by atoms with Crippen molar-refractivity contribution in [1.82, 2.24) is 9.62 Å². The number of guanidine groups is 1. The average Bonchev–Trinajstić information content (AvgIpc) is 3.35. The number of halogens is 2. The molecule has 1 aromatic rings. The normalized spacial score (nSPS) is 25.2. The minimum Gasteiger partial charge on any atom is -0.444 e. The summed E-state index contributed by atoms with van der Waals surface area (Å²) in [7, 11) is -2.58. The quantitative estimate of drug-likeness (QED) is 0.672. The zero-order chi connectivity index (χ0) is 21.1. The van der Waals surface area contributed by atoms with Crippen molar-refractivity contribution in [1.29, 1.82) is 0 Å². The third-order valence-corrected chi connectivity index (χ3v) is 8.32. The Kier molecular flexibility index (Phi) is 4.82. The Hall–Kier alpha value is -1.68. The van der Waals surface area contributed by atoms with Crippen LogP contribution in [-0.4, -0.2) is 42.2 Å². The number of nitrogens with zero attached hydrogens (tertiary/aromatic N) is 2. The van der Waals surface area contributed by atoms with Crippen molar-refractivity contribution in [2.75, 3.05) is 7.05 Å². The number of sulfonamides is 1. The molecule has 1 aliphatic carbocycles. The Balaban J connectivity index is 2.13. The minimum absolute atomic E-state index is 0.152. The topological polar surface area (TPSA) is 88.1 Å². The van der Waals surface area contributed by atoms with Crippen molar-refractivity contribution < 1.29 is 22.3 Å². The van der Waals surface area contributed by atoms with Gasteiger partial charge in [-0.2, -0.15) is 0 Å². The fourth-order valence-corrected chi connectivity index (χ4v) is 6.02. The van der Waals surface area contributed by atoms with Crippen molar-refractivity contribution in [3.05, 3.63) is 34.1 Å². The van der Waals surface area contributed by atoms with Crippen molar-refractivity contribution in [3.8, 4) is 0 Å². The Morgan fingerprint density at radius 1 is 1.36 bits per heavy atom. The van der Waals surface area contributed by atoms with Crippen LogP contribution in [0, 0.1) is 5.82 Å². The van der Waals surface area contributed by atoms with E-state index in [4.69, 9.17) is 4.74 Å². The molecule has 1 amide bonds. The van der Waals surface area contributed by atoms with Gasteiger partial charge in [0.2, 0.25) is 16.0 Å². The van der Waals surface area contributed by atoms with E-state index in [1.807, 2.05) is 0 Å². The Bertz CT molecular complexity index is 970. The first kappa shape index (κ1) is 21.0. The number of ether oxygens (including phenoxy) is 1. The van der Waals surface area contributed by atoms with Crippen LogP contribution in [0.5, 0.6) is 0 Å². The van der Waals surface area contributed by atoms with Crippen LogP contribution in [-0.2, 0) is 20.3 Å². The van der Waals surface area contributed by atoms with Crippen LogP contribution in [0.3, 0.4) is 0 Å². The molecular formula is C18H23BrFN3O4S. The summed E-state index contributed by atoms with van der Waals surface area (Å²) in [6.45, 7) is 6.66. The third-order valence-electron chi connectivity index (χ3n) is 5.14. The van der Waals surface area contributed by atoms with Gasteiger partial charge in [-0.25, -0.2) is 26.9 Å². The number of carbonyl (C=O) groups is 1. The summed E-state index contributed by atoms with van der Waals surface area (Å²) in [5.74, 6) is -0.759. The first-order chi connectivity index (χ1) is 12.7. The summed E-state index contributed by atoms with van der Waals surface area (Å²) < 4.78 is 46.8. The van der Waals surface area contributed by atoms with Gasteiger partial charge < -0.3 is 4.74 Å². The minimum atomic E-state index is -3.90. The van der Waals surface area contributed by atoms with E-state index in [1.54, 1.807) is 27.7 Å². The Morgan fingerprint density at radius 3 is 2.50 bits per heavy atom. The highest BCUT2D eigenvalue weighted by atomic mass is 79.9. The SMILES string of the molecule is CN1C(NC(=O)OC(C)(C)C)=N[C@](C)(c2cc(Br)ccc2F)C2(CC2)S1(=O)=O. The molecule has 1 N–H and O–H groups in total. The molecule has 1 spiro atoms. The van der Waals surface area contributed by atoms with E-state index in [2.05, 4.69) is 26.2 Å². The number of alkyl carbamates (subject to hydrolysis) is 1. The van der Waals surface area contributed by atoms with E-state index >= 15 is 0 Å². The predicted molar refractivity (Wildman–Crippen MR) is 107 cm³/mol. The number of amides is 1. The Morgan fingerprint density at radius 2 is 1.96 bits per heavy atom. The lowest BCUT2D eigenvalue weighted by molar-refractivity contribution is 0.0558. The van der Waals surface area contributed by atoms with Crippen LogP contribution >= 0.6 is 15.9 Å². The third kappa shape index (κ3) is 3.20. The van der Waals surface area contributed by atoms with Crippen molar-refractivity contribution in [2.24, 2.45) is 4.99 Å². The molecular weight excluding hydrogens is 453 g/mol. The Labute approximate surface area is 172 Å². The maximum atomic E-state index is 14.7. The average molecular weight is 476 g/mol. The van der Waals surface area contributed by atoms with Crippen LogP contribution in [0.2, 0.25) is 0 Å². The van der Waals surface area contributed by atoms with Gasteiger partial charge in [0.1, 0.15) is 21.7 Å². The summed E-state index contributed by atoms with van der Waals surface area (Å²) in [6, 6.07) is 4.34. The summed E-state index contributed by atoms with van der Waals surface area (Å²) in [5.41, 5.74) is -2.02. The molecule has 0 bridgehead atoms. The summed E-state index contributed by atoms with van der Waals surface area (Å²) in [4.78, 5) is 16.8. The number of rotatable bonds is 1. The second-order valence-electron chi connectivity index (χ2n) is 8.23. The van der Waals surface area contributed by atoms with Gasteiger partial charge in [-0.3, -0.25) is 5.32 Å². The number of hydrogen-bond donors (Lipinski definition) is 1. The van der Waals surface area contributed by atoms with Gasteiger partial charge in [-0.15, -0.1) is 0 Å². The second-order valence-corrected chi connectivity index (χ2v) is 11.4. The summed E-state index contributed by atoms with van der Waals surface area (Å²) in [6.07, 6.45) is -0.131. The molecule has 0 unspecified atom stereocenters. The fraction of sp³-hybridized carbons (Fsp3) is 0.556. The molecule has 1 atom stereocenters. The number of hydrogen-bond acceptors (Lipinski definition) is 5. The number of nitrogens with one attached hydrogen (secondary N) is 1. The predicted octanol–water partition coefficient (Wildman–Crippen LogP) is 3.49. The molecule has 7 nitrogen and oxygen atoms in total. The van der Waals surface area contributed by atoms with Gasteiger partial charge in [-0.1, -0.05) is 15.9 Å². The van der Waals surface area contributed by atoms with Gasteiger partial charge >= 0.3 is 6.09 Å². The van der Waals surface area contributed by atoms with Gasteiger partial charge in [0.15, 0.2) is 0 Å². The molecule has 0 aromatic heterocycles. The highest BCUT2D eigenvalue weighted by molar-refractivity contribution is 9.10. The zero-order valence-electron chi connectivity index (χ0n) is 16.3. The fourth-order valence-electron chi connectivity index (χ4n) is 3.55. The summed E-state index contributed by atoms with van der Waals surface area (Å²) >= 11 is 3.31. The zero-order valence-corrected chi connectivity index (χ0v) is 18.7. The lowest BCUT2D eigenvalue weighted by Gasteiger charge is -2.43. The molecule has 10 heteroatoms. The molecule has 1 fully saturated rings. The van der Waals surface area contributed by atoms with Crippen molar-refractivity contribution in [2.45, 2.75) is 56.4 Å². The molecule has 3 rings (SSSR count). The molecule has 1 aliphatic heterocycles. The molecule has 0 saturated heterocycles. The molecule has 2 aliphatic rings. The number of benzene rings is 1. The van der Waals surface area contributed by atoms with Gasteiger partial charge in [0, 0.05) is 17.1 Å². The first-order valence-corrected chi connectivity index (χ1v) is 11.0. The van der Waals surface area contributed by atoms with Crippen LogP contribution in [0.1, 0.15) is 46.1 Å². The second kappa shape index (κ2) is 6.41. The van der Waals surface area contributed by atoms with Crippen LogP contribution in [0.25, 0.3) is 0 Å². The lowest BCUT2D eigenvalue weighted by Crippen LogP contribution is -2.60. The molecule has 1 aromatic carbocycles. The highest BCUT2D eigenvalue weighted by Crippen LogP contribution is 2.60. The molecule has 28 heavy (non-hydrogen) atoms. The van der Waals surface area contributed by atoms with Gasteiger partial charge in [-0.05, 0) is 58.7 Å². The molecule has 1 saturated carbocycles. The van der Waals surface area contributed by atoms with E-state index < -0.39 is 37.8 Å². The maximum absolute atomic E-state index is 14.7. The number of carbonyl (C=O) groups excluding carboxylic acids is 1. The standard InChI is InChI=1S/C18H23BrFN3O4S/c1-16(2,3)27-15(24)21-14-22-17(4,12-10-11(19)6-7-13(12)20)18(8-9-18)28(25,26)23(14)5/h6-7,10H,8-9H2,1-5H3,(H,21,22,24)/t17-/m1/s1. The molecule has 154 valence electrons. The van der Waals surface area contributed by atoms with Gasteiger partial charge in [0.05, 0.1) is 0 Å². The van der Waals surface area contributed by atoms with Crippen LogP contribution < -0.4 is 5.32 Å². The first-order valence-electron chi connectivity index (χ1n) is 8.77. The monoisotopic (exact) mass is 475 g/mol. The smallest absolute Gasteiger partial charge is 0.414 e. The lowest BCUT2D eigenvalue weighted by atomic mass is 9.86. The van der Waals surface area contributed by atoms with E-state index in [1.165, 1.54) is 25.2 Å². The van der Waals surface area contributed by atoms with E-state index in [0.717, 1.165) is 4.31 Å². The molecule has 0 radical (unpaired) electrons. The van der Waals surface area contributed by atoms with Crippen LogP contribution in [0.4, 0.5) is 9.18 Å². The summed E-state index contributed by atoms with van der Waals surface area (Å²) in [5, 5.41) is 2.41. The largest absolute Gasteiger partial charge is 0.444 e. The van der Waals surface area contributed by atoms with E-state index in [0.29, 0.717) is 17.3 Å². The molecule has 1 heterocycles.